The minimum atomic E-state index is -0.126. The summed E-state index contributed by atoms with van der Waals surface area (Å²) >= 11 is 6.01. The molecule has 130 valence electrons. The lowest BCUT2D eigenvalue weighted by Crippen LogP contribution is -2.36. The van der Waals surface area contributed by atoms with Crippen molar-refractivity contribution >= 4 is 34.7 Å². The Hall–Kier alpha value is -2.92. The largest absolute Gasteiger partial charge is 0.340 e. The normalized spacial score (nSPS) is 15.6. The topological polar surface area (TPSA) is 58.1 Å². The Morgan fingerprint density at radius 3 is 2.85 bits per heavy atom. The number of benzene rings is 2. The number of hydrogen-bond donors (Lipinski definition) is 1. The van der Waals surface area contributed by atoms with Crippen LogP contribution in [0, 0.1) is 0 Å². The Labute approximate surface area is 156 Å². The van der Waals surface area contributed by atoms with Gasteiger partial charge in [0.25, 0.3) is 5.91 Å². The molecule has 3 aromatic rings. The Bertz CT molecular complexity index is 975. The van der Waals surface area contributed by atoms with Crippen LogP contribution in [0.4, 0.5) is 17.2 Å². The first-order chi connectivity index (χ1) is 12.6. The van der Waals surface area contributed by atoms with Gasteiger partial charge in [0.1, 0.15) is 17.8 Å². The molecule has 0 saturated heterocycles. The monoisotopic (exact) mass is 364 g/mol. The third-order valence-corrected chi connectivity index (χ3v) is 4.64. The highest BCUT2D eigenvalue weighted by Crippen LogP contribution is 2.33. The number of nitrogens with zero attached hydrogens (tertiary/aromatic N) is 3. The first-order valence-corrected chi connectivity index (χ1v) is 8.76. The zero-order valence-corrected chi connectivity index (χ0v) is 14.9. The van der Waals surface area contributed by atoms with E-state index in [0.29, 0.717) is 16.5 Å². The van der Waals surface area contributed by atoms with E-state index in [1.54, 1.807) is 23.1 Å². The third kappa shape index (κ3) is 3.13. The molecule has 1 atom stereocenters. The lowest BCUT2D eigenvalue weighted by molar-refractivity contribution is 0.0976. The molecule has 1 aromatic heterocycles. The van der Waals surface area contributed by atoms with Crippen molar-refractivity contribution in [2.24, 2.45) is 0 Å². The zero-order chi connectivity index (χ0) is 18.1. The van der Waals surface area contributed by atoms with Gasteiger partial charge in [-0.2, -0.15) is 0 Å². The molecule has 0 radical (unpaired) electrons. The molecule has 1 aliphatic heterocycles. The molecule has 4 rings (SSSR count). The van der Waals surface area contributed by atoms with Crippen LogP contribution in [-0.2, 0) is 6.42 Å². The Morgan fingerprint density at radius 1 is 1.15 bits per heavy atom. The van der Waals surface area contributed by atoms with E-state index >= 15 is 0 Å². The maximum absolute atomic E-state index is 13.1. The molecular weight excluding hydrogens is 348 g/mol. The fourth-order valence-corrected chi connectivity index (χ4v) is 3.45. The van der Waals surface area contributed by atoms with E-state index in [1.165, 1.54) is 11.9 Å². The summed E-state index contributed by atoms with van der Waals surface area (Å²) < 4.78 is 0. The maximum Gasteiger partial charge on any atom is 0.277 e. The van der Waals surface area contributed by atoms with E-state index in [4.69, 9.17) is 11.6 Å². The average molecular weight is 365 g/mol. The van der Waals surface area contributed by atoms with Gasteiger partial charge in [-0.25, -0.2) is 9.97 Å². The molecule has 1 aliphatic rings. The summed E-state index contributed by atoms with van der Waals surface area (Å²) in [6.45, 7) is 2.05. The molecule has 0 fully saturated rings. The smallest absolute Gasteiger partial charge is 0.277 e. The fraction of sp³-hybridized carbons (Fsp3) is 0.150. The van der Waals surface area contributed by atoms with Crippen LogP contribution in [-0.4, -0.2) is 21.9 Å². The molecule has 2 aromatic carbocycles. The van der Waals surface area contributed by atoms with Crippen LogP contribution >= 0.6 is 11.6 Å². The van der Waals surface area contributed by atoms with Gasteiger partial charge in [0.15, 0.2) is 0 Å². The number of amides is 1. The lowest BCUT2D eigenvalue weighted by atomic mass is 10.1. The van der Waals surface area contributed by atoms with Gasteiger partial charge in [-0.1, -0.05) is 35.9 Å². The molecule has 0 spiro atoms. The number of carbonyl (C=O) groups excluding carboxylic acids is 1. The molecule has 1 amide bonds. The molecule has 0 bridgehead atoms. The molecule has 0 aliphatic carbocycles. The second kappa shape index (κ2) is 6.77. The number of aromatic nitrogens is 2. The quantitative estimate of drug-likeness (QED) is 0.745. The van der Waals surface area contributed by atoms with E-state index in [9.17, 15) is 4.79 Å². The van der Waals surface area contributed by atoms with Crippen molar-refractivity contribution in [3.63, 3.8) is 0 Å². The number of rotatable bonds is 3. The van der Waals surface area contributed by atoms with Crippen LogP contribution in [0.5, 0.6) is 0 Å². The summed E-state index contributed by atoms with van der Waals surface area (Å²) in [4.78, 5) is 23.3. The highest BCUT2D eigenvalue weighted by molar-refractivity contribution is 6.30. The van der Waals surface area contributed by atoms with Crippen molar-refractivity contribution in [3.05, 3.63) is 77.2 Å². The summed E-state index contributed by atoms with van der Waals surface area (Å²) in [5.41, 5.74) is 3.29. The Balaban J connectivity index is 1.61. The molecule has 0 saturated carbocycles. The standard InChI is InChI=1S/C20H17ClN4O/c1-13-9-14-5-2-3-8-18(14)25(13)20(26)17-11-19(23-12-22-17)24-16-7-4-6-15(21)10-16/h2-8,10-13H,9H2,1H3,(H,22,23,24). The maximum atomic E-state index is 13.1. The van der Waals surface area contributed by atoms with Gasteiger partial charge in [0.05, 0.1) is 0 Å². The Kier molecular flexibility index (Phi) is 4.31. The van der Waals surface area contributed by atoms with Gasteiger partial charge in [-0.15, -0.1) is 0 Å². The van der Waals surface area contributed by atoms with Crippen LogP contribution in [0.25, 0.3) is 0 Å². The molecule has 5 nitrogen and oxygen atoms in total. The molecular formula is C20H17ClN4O. The highest BCUT2D eigenvalue weighted by atomic mass is 35.5. The molecule has 6 heteroatoms. The number of hydrogen-bond acceptors (Lipinski definition) is 4. The van der Waals surface area contributed by atoms with Gasteiger partial charge in [-0.3, -0.25) is 4.79 Å². The van der Waals surface area contributed by atoms with Crippen molar-refractivity contribution in [2.45, 2.75) is 19.4 Å². The predicted molar refractivity (Wildman–Crippen MR) is 103 cm³/mol. The first kappa shape index (κ1) is 16.5. The van der Waals surface area contributed by atoms with E-state index in [1.807, 2.05) is 37.3 Å². The summed E-state index contributed by atoms with van der Waals surface area (Å²) in [6, 6.07) is 17.1. The molecule has 2 heterocycles. The summed E-state index contributed by atoms with van der Waals surface area (Å²) in [6.07, 6.45) is 2.24. The van der Waals surface area contributed by atoms with Crippen molar-refractivity contribution in [1.29, 1.82) is 0 Å². The second-order valence-corrected chi connectivity index (χ2v) is 6.72. The van der Waals surface area contributed by atoms with Gasteiger partial charge in [0.2, 0.25) is 0 Å². The lowest BCUT2D eigenvalue weighted by Gasteiger charge is -2.22. The Morgan fingerprint density at radius 2 is 2.00 bits per heavy atom. The number of fused-ring (bicyclic) bond motifs is 1. The minimum Gasteiger partial charge on any atom is -0.340 e. The van der Waals surface area contributed by atoms with E-state index in [2.05, 4.69) is 21.4 Å². The second-order valence-electron chi connectivity index (χ2n) is 6.28. The fourth-order valence-electron chi connectivity index (χ4n) is 3.26. The van der Waals surface area contributed by atoms with E-state index in [0.717, 1.165) is 17.8 Å². The van der Waals surface area contributed by atoms with Gasteiger partial charge < -0.3 is 10.2 Å². The van der Waals surface area contributed by atoms with E-state index in [-0.39, 0.29) is 11.9 Å². The molecule has 1 N–H and O–H groups in total. The van der Waals surface area contributed by atoms with Crippen molar-refractivity contribution in [1.82, 2.24) is 9.97 Å². The summed E-state index contributed by atoms with van der Waals surface area (Å²) in [7, 11) is 0. The van der Waals surface area contributed by atoms with Gasteiger partial charge in [0, 0.05) is 28.5 Å². The molecule has 26 heavy (non-hydrogen) atoms. The number of para-hydroxylation sites is 1. The number of nitrogens with one attached hydrogen (secondary N) is 1. The zero-order valence-electron chi connectivity index (χ0n) is 14.2. The SMILES string of the molecule is CC1Cc2ccccc2N1C(=O)c1cc(Nc2cccc(Cl)c2)ncn1. The van der Waals surface area contributed by atoms with E-state index < -0.39 is 0 Å². The molecule has 1 unspecified atom stereocenters. The number of anilines is 3. The van der Waals surface area contributed by atoms with Crippen molar-refractivity contribution < 1.29 is 4.79 Å². The van der Waals surface area contributed by atoms with Gasteiger partial charge >= 0.3 is 0 Å². The van der Waals surface area contributed by atoms with Crippen LogP contribution in [0.15, 0.2) is 60.9 Å². The van der Waals surface area contributed by atoms with Crippen molar-refractivity contribution in [2.75, 3.05) is 10.2 Å². The van der Waals surface area contributed by atoms with Gasteiger partial charge in [-0.05, 0) is 43.2 Å². The van der Waals surface area contributed by atoms with Crippen LogP contribution in [0.3, 0.4) is 0 Å². The average Bonchev–Trinajstić information content (AvgIpc) is 2.97. The van der Waals surface area contributed by atoms with Crippen LogP contribution in [0.1, 0.15) is 23.0 Å². The summed E-state index contributed by atoms with van der Waals surface area (Å²) in [5.74, 6) is 0.421. The number of halogens is 1. The van der Waals surface area contributed by atoms with Crippen LogP contribution < -0.4 is 10.2 Å². The third-order valence-electron chi connectivity index (χ3n) is 4.41. The van der Waals surface area contributed by atoms with Crippen molar-refractivity contribution in [3.8, 4) is 0 Å². The number of carbonyl (C=O) groups is 1. The predicted octanol–water partition coefficient (Wildman–Crippen LogP) is 4.47. The van der Waals surface area contributed by atoms with Crippen LogP contribution in [0.2, 0.25) is 5.02 Å². The first-order valence-electron chi connectivity index (χ1n) is 8.38. The summed E-state index contributed by atoms with van der Waals surface area (Å²) in [5, 5.41) is 3.78. The minimum absolute atomic E-state index is 0.0965. The highest BCUT2D eigenvalue weighted by Gasteiger charge is 2.31.